The van der Waals surface area contributed by atoms with Crippen LogP contribution in [-0.4, -0.2) is 32.0 Å². The molecule has 8 heteroatoms. The van der Waals surface area contributed by atoms with Crippen molar-refractivity contribution in [3.05, 3.63) is 83.2 Å². The molecule has 3 heterocycles. The van der Waals surface area contributed by atoms with Gasteiger partial charge in [-0.25, -0.2) is 4.39 Å². The molecule has 1 amide bonds. The monoisotopic (exact) mass is 451 g/mol. The number of aryl methyl sites for hydroxylation is 1. The lowest BCUT2D eigenvalue weighted by Gasteiger charge is -2.28. The van der Waals surface area contributed by atoms with E-state index in [9.17, 15) is 9.18 Å². The van der Waals surface area contributed by atoms with Gasteiger partial charge in [-0.3, -0.25) is 9.78 Å². The summed E-state index contributed by atoms with van der Waals surface area (Å²) in [5.74, 6) is -0.721. The Morgan fingerprint density at radius 2 is 1.97 bits per heavy atom. The van der Waals surface area contributed by atoms with Crippen molar-refractivity contribution in [2.24, 2.45) is 7.05 Å². The number of pyridine rings is 1. The number of para-hydroxylation sites is 1. The van der Waals surface area contributed by atoms with Crippen LogP contribution < -0.4 is 10.6 Å². The fourth-order valence-electron chi connectivity index (χ4n) is 4.17. The van der Waals surface area contributed by atoms with Crippen molar-refractivity contribution >= 4 is 28.9 Å². The lowest BCUT2D eigenvalue weighted by molar-refractivity contribution is -0.116. The smallest absolute Gasteiger partial charge is 0.226 e. The molecule has 1 saturated heterocycles. The Balaban J connectivity index is 1.59. The van der Waals surface area contributed by atoms with Crippen molar-refractivity contribution in [1.82, 2.24) is 19.8 Å². The molecule has 0 radical (unpaired) electrons. The number of thiocarbonyl (C=S) groups is 1. The maximum Gasteiger partial charge on any atom is 0.226 e. The van der Waals surface area contributed by atoms with E-state index in [0.717, 1.165) is 22.6 Å². The molecule has 0 saturated carbocycles. The maximum atomic E-state index is 13.9. The summed E-state index contributed by atoms with van der Waals surface area (Å²) in [5, 5.41) is 6.63. The van der Waals surface area contributed by atoms with Crippen molar-refractivity contribution in [2.45, 2.75) is 32.4 Å². The van der Waals surface area contributed by atoms with E-state index in [-0.39, 0.29) is 30.1 Å². The van der Waals surface area contributed by atoms with E-state index < -0.39 is 5.82 Å². The zero-order valence-electron chi connectivity index (χ0n) is 18.3. The molecule has 4 rings (SSSR count). The van der Waals surface area contributed by atoms with Crippen LogP contribution in [0.2, 0.25) is 0 Å². The molecule has 3 aromatic rings. The summed E-state index contributed by atoms with van der Waals surface area (Å²) in [7, 11) is 2.04. The number of carbonyl (C=O) groups excluding carboxylic acids is 1. The molecule has 2 N–H and O–H groups in total. The van der Waals surface area contributed by atoms with Gasteiger partial charge in [0.05, 0.1) is 23.5 Å². The predicted molar refractivity (Wildman–Crippen MR) is 127 cm³/mol. The number of nitrogens with zero attached hydrogens (tertiary/aromatic N) is 3. The maximum absolute atomic E-state index is 13.9. The van der Waals surface area contributed by atoms with Gasteiger partial charge in [-0.15, -0.1) is 0 Å². The molecule has 2 atom stereocenters. The Morgan fingerprint density at radius 3 is 2.62 bits per heavy atom. The average molecular weight is 452 g/mol. The number of rotatable bonds is 6. The molecule has 0 unspecified atom stereocenters. The molecule has 0 spiro atoms. The number of aromatic nitrogens is 2. The summed E-state index contributed by atoms with van der Waals surface area (Å²) in [6.07, 6.45) is 1.94. The second-order valence-electron chi connectivity index (χ2n) is 7.98. The third-order valence-electron chi connectivity index (χ3n) is 6.06. The molecule has 1 aliphatic rings. The molecule has 1 aliphatic heterocycles. The Bertz CT molecular complexity index is 1150. The van der Waals surface area contributed by atoms with Crippen molar-refractivity contribution in [3.63, 3.8) is 0 Å². The van der Waals surface area contributed by atoms with Gasteiger partial charge in [0, 0.05) is 37.6 Å². The van der Waals surface area contributed by atoms with E-state index in [0.29, 0.717) is 11.7 Å². The second-order valence-corrected chi connectivity index (χ2v) is 8.37. The number of hydrogen-bond donors (Lipinski definition) is 2. The Hall–Kier alpha value is -3.26. The highest BCUT2D eigenvalue weighted by atomic mass is 32.1. The first-order chi connectivity index (χ1) is 15.4. The van der Waals surface area contributed by atoms with Crippen molar-refractivity contribution in [2.75, 3.05) is 11.9 Å². The Morgan fingerprint density at radius 1 is 1.22 bits per heavy atom. The molecular formula is C24H26FN5OS. The highest BCUT2D eigenvalue weighted by Gasteiger charge is 2.41. The first-order valence-electron chi connectivity index (χ1n) is 10.5. The molecule has 6 nitrogen and oxygen atoms in total. The van der Waals surface area contributed by atoms with Crippen LogP contribution in [0.4, 0.5) is 10.1 Å². The number of hydrogen-bond acceptors (Lipinski definition) is 3. The van der Waals surface area contributed by atoms with Gasteiger partial charge in [-0.05, 0) is 62.0 Å². The van der Waals surface area contributed by atoms with Crippen LogP contribution in [0.3, 0.4) is 0 Å². The lowest BCUT2D eigenvalue weighted by atomic mass is 9.96. The minimum atomic E-state index is -0.456. The number of amides is 1. The van der Waals surface area contributed by atoms with E-state index in [4.69, 9.17) is 12.2 Å². The Labute approximate surface area is 192 Å². The fourth-order valence-corrected chi connectivity index (χ4v) is 4.50. The summed E-state index contributed by atoms with van der Waals surface area (Å²) in [6, 6.07) is 13.9. The van der Waals surface area contributed by atoms with Crippen molar-refractivity contribution in [3.8, 4) is 0 Å². The van der Waals surface area contributed by atoms with E-state index >= 15 is 0 Å². The van der Waals surface area contributed by atoms with Crippen LogP contribution in [0.25, 0.3) is 0 Å². The summed E-state index contributed by atoms with van der Waals surface area (Å²) in [5.41, 5.74) is 4.49. The van der Waals surface area contributed by atoms with Gasteiger partial charge in [-0.1, -0.05) is 18.2 Å². The number of anilines is 1. The molecule has 1 fully saturated rings. The van der Waals surface area contributed by atoms with E-state index in [1.807, 2.05) is 30.1 Å². The van der Waals surface area contributed by atoms with Gasteiger partial charge >= 0.3 is 0 Å². The zero-order valence-corrected chi connectivity index (χ0v) is 19.1. The van der Waals surface area contributed by atoms with Gasteiger partial charge in [0.15, 0.2) is 5.11 Å². The molecule has 1 aromatic carbocycles. The summed E-state index contributed by atoms with van der Waals surface area (Å²) < 4.78 is 16.0. The summed E-state index contributed by atoms with van der Waals surface area (Å²) in [6.45, 7) is 4.55. The Kier molecular flexibility index (Phi) is 6.23. The normalized spacial score (nSPS) is 18.0. The largest absolute Gasteiger partial charge is 0.352 e. The number of benzene rings is 1. The van der Waals surface area contributed by atoms with Crippen LogP contribution in [0.1, 0.15) is 41.1 Å². The van der Waals surface area contributed by atoms with Gasteiger partial charge in [0.1, 0.15) is 5.82 Å². The number of halogens is 1. The minimum Gasteiger partial charge on any atom is -0.352 e. The average Bonchev–Trinajstić information content (AvgIpc) is 3.25. The van der Waals surface area contributed by atoms with E-state index in [1.54, 1.807) is 24.4 Å². The molecule has 0 bridgehead atoms. The van der Waals surface area contributed by atoms with E-state index in [2.05, 4.69) is 40.1 Å². The highest BCUT2D eigenvalue weighted by molar-refractivity contribution is 7.80. The van der Waals surface area contributed by atoms with E-state index in [1.165, 1.54) is 6.07 Å². The van der Waals surface area contributed by atoms with Crippen LogP contribution in [0.5, 0.6) is 0 Å². The third-order valence-corrected chi connectivity index (χ3v) is 6.41. The first-order valence-corrected chi connectivity index (χ1v) is 10.9. The van der Waals surface area contributed by atoms with Crippen LogP contribution in [-0.2, 0) is 11.8 Å². The van der Waals surface area contributed by atoms with Crippen LogP contribution >= 0.6 is 12.2 Å². The summed E-state index contributed by atoms with van der Waals surface area (Å²) in [4.78, 5) is 19.2. The van der Waals surface area contributed by atoms with Gasteiger partial charge in [-0.2, -0.15) is 0 Å². The van der Waals surface area contributed by atoms with Crippen LogP contribution in [0, 0.1) is 19.7 Å². The quantitative estimate of drug-likeness (QED) is 0.551. The fraction of sp³-hybridized carbons (Fsp3) is 0.292. The molecular weight excluding hydrogens is 425 g/mol. The standard InChI is InChI=1S/C24H26FN5OS/c1-15-14-17(16(2)29(15)3)23-22(20-10-6-7-12-26-20)28-24(32)30(23)13-11-21(31)27-19-9-5-4-8-18(19)25/h4-10,12,14,22-23H,11,13H2,1-3H3,(H,27,31)(H,28,32)/t22-,23-/m0/s1. The first kappa shape index (κ1) is 22.0. The van der Waals surface area contributed by atoms with Crippen molar-refractivity contribution < 1.29 is 9.18 Å². The second kappa shape index (κ2) is 9.08. The lowest BCUT2D eigenvalue weighted by Crippen LogP contribution is -2.33. The van der Waals surface area contributed by atoms with Crippen LogP contribution in [0.15, 0.2) is 54.7 Å². The predicted octanol–water partition coefficient (Wildman–Crippen LogP) is 4.18. The SMILES string of the molecule is Cc1cc([C@H]2[C@H](c3ccccn3)NC(=S)N2CCC(=O)Nc2ccccc2F)c(C)n1C. The topological polar surface area (TPSA) is 62.2 Å². The van der Waals surface area contributed by atoms with Gasteiger partial charge < -0.3 is 20.1 Å². The zero-order chi connectivity index (χ0) is 22.8. The number of carbonyl (C=O) groups is 1. The molecule has 0 aliphatic carbocycles. The number of nitrogens with one attached hydrogen (secondary N) is 2. The molecule has 2 aromatic heterocycles. The van der Waals surface area contributed by atoms with Crippen molar-refractivity contribution in [1.29, 1.82) is 0 Å². The minimum absolute atomic E-state index is 0.112. The van der Waals surface area contributed by atoms with Gasteiger partial charge in [0.2, 0.25) is 5.91 Å². The molecule has 32 heavy (non-hydrogen) atoms. The molecule has 166 valence electrons. The third kappa shape index (κ3) is 4.23. The summed E-state index contributed by atoms with van der Waals surface area (Å²) >= 11 is 5.67. The van der Waals surface area contributed by atoms with Gasteiger partial charge in [0.25, 0.3) is 0 Å². The highest BCUT2D eigenvalue weighted by Crippen LogP contribution is 2.40.